The van der Waals surface area contributed by atoms with E-state index in [0.29, 0.717) is 24.0 Å². The first-order chi connectivity index (χ1) is 12.5. The number of nitriles is 2. The quantitative estimate of drug-likeness (QED) is 0.404. The van der Waals surface area contributed by atoms with Crippen LogP contribution in [0.5, 0.6) is 0 Å². The van der Waals surface area contributed by atoms with Crippen molar-refractivity contribution in [3.05, 3.63) is 46.5 Å². The summed E-state index contributed by atoms with van der Waals surface area (Å²) in [4.78, 5) is 23.5. The van der Waals surface area contributed by atoms with Gasteiger partial charge in [-0.15, -0.1) is 0 Å². The molecule has 0 heterocycles. The van der Waals surface area contributed by atoms with E-state index in [-0.39, 0.29) is 24.4 Å². The second-order valence-electron chi connectivity index (χ2n) is 5.28. The third-order valence-electron chi connectivity index (χ3n) is 3.11. The molecule has 0 aliphatic rings. The monoisotopic (exact) mass is 352 g/mol. The number of hydrogen-bond acceptors (Lipinski definition) is 6. The maximum atomic E-state index is 11.7. The maximum Gasteiger partial charge on any atom is 0.348 e. The van der Waals surface area contributed by atoms with Crippen LogP contribution in [-0.4, -0.2) is 25.2 Å². The molecule has 0 amide bonds. The molecule has 0 unspecified atom stereocenters. The van der Waals surface area contributed by atoms with Crippen LogP contribution in [0, 0.1) is 22.7 Å². The van der Waals surface area contributed by atoms with Crippen molar-refractivity contribution in [3.63, 3.8) is 0 Å². The van der Waals surface area contributed by atoms with Crippen LogP contribution in [-0.2, 0) is 19.1 Å². The first-order valence-corrected chi connectivity index (χ1v) is 8.23. The van der Waals surface area contributed by atoms with Gasteiger partial charge in [0.2, 0.25) is 0 Å². The van der Waals surface area contributed by atoms with Crippen molar-refractivity contribution in [2.45, 2.75) is 26.7 Å². The lowest BCUT2D eigenvalue weighted by Gasteiger charge is -2.03. The van der Waals surface area contributed by atoms with Gasteiger partial charge in [0.25, 0.3) is 0 Å². The minimum absolute atomic E-state index is 0.0948. The molecule has 1 aromatic rings. The van der Waals surface area contributed by atoms with Crippen LogP contribution in [0.15, 0.2) is 35.4 Å². The summed E-state index contributed by atoms with van der Waals surface area (Å²) in [5, 5.41) is 18.2. The molecule has 0 spiro atoms. The summed E-state index contributed by atoms with van der Waals surface area (Å²) in [6.07, 6.45) is 4.19. The van der Waals surface area contributed by atoms with Gasteiger partial charge in [0.1, 0.15) is 23.3 Å². The van der Waals surface area contributed by atoms with Gasteiger partial charge in [-0.25, -0.2) is 9.59 Å². The van der Waals surface area contributed by atoms with Gasteiger partial charge >= 0.3 is 11.9 Å². The van der Waals surface area contributed by atoms with Crippen molar-refractivity contribution in [3.8, 4) is 12.1 Å². The summed E-state index contributed by atoms with van der Waals surface area (Å²) in [5.41, 5.74) is 1.06. The van der Waals surface area contributed by atoms with Crippen LogP contribution in [0.2, 0.25) is 0 Å². The van der Waals surface area contributed by atoms with E-state index in [1.54, 1.807) is 24.3 Å². The highest BCUT2D eigenvalue weighted by molar-refractivity contribution is 5.98. The molecule has 0 saturated heterocycles. The van der Waals surface area contributed by atoms with Crippen LogP contribution in [0.25, 0.3) is 12.2 Å². The van der Waals surface area contributed by atoms with Gasteiger partial charge in [0, 0.05) is 0 Å². The van der Waals surface area contributed by atoms with Crippen LogP contribution in [0.4, 0.5) is 0 Å². The second kappa shape index (κ2) is 11.2. The molecule has 0 saturated carbocycles. The molecule has 0 fully saturated rings. The highest BCUT2D eigenvalue weighted by Crippen LogP contribution is 2.13. The van der Waals surface area contributed by atoms with E-state index in [2.05, 4.69) is 0 Å². The predicted octanol–water partition coefficient (Wildman–Crippen LogP) is 3.41. The average molecular weight is 352 g/mol. The number of rotatable bonds is 8. The third-order valence-corrected chi connectivity index (χ3v) is 3.11. The van der Waals surface area contributed by atoms with Gasteiger partial charge in [0.05, 0.1) is 13.2 Å². The summed E-state index contributed by atoms with van der Waals surface area (Å²) in [5.74, 6) is -1.33. The smallest absolute Gasteiger partial charge is 0.348 e. The Morgan fingerprint density at radius 1 is 0.846 bits per heavy atom. The molecule has 0 aromatic heterocycles. The first-order valence-electron chi connectivity index (χ1n) is 8.23. The second-order valence-corrected chi connectivity index (χ2v) is 5.28. The van der Waals surface area contributed by atoms with E-state index in [4.69, 9.17) is 20.0 Å². The highest BCUT2D eigenvalue weighted by atomic mass is 16.5. The van der Waals surface area contributed by atoms with Crippen molar-refractivity contribution in [2.24, 2.45) is 0 Å². The summed E-state index contributed by atoms with van der Waals surface area (Å²) in [6.45, 7) is 4.24. The number of carbonyl (C=O) groups is 2. The zero-order valence-electron chi connectivity index (χ0n) is 14.8. The molecule has 1 aromatic carbocycles. The molecule has 0 bridgehead atoms. The van der Waals surface area contributed by atoms with Crippen LogP contribution in [0.3, 0.4) is 0 Å². The molecule has 0 aliphatic heterocycles. The molecular weight excluding hydrogens is 332 g/mol. The predicted molar refractivity (Wildman–Crippen MR) is 96.1 cm³/mol. The number of benzene rings is 1. The van der Waals surface area contributed by atoms with E-state index in [9.17, 15) is 9.59 Å². The van der Waals surface area contributed by atoms with Gasteiger partial charge in [0.15, 0.2) is 0 Å². The van der Waals surface area contributed by atoms with Crippen molar-refractivity contribution in [1.82, 2.24) is 0 Å². The fraction of sp³-hybridized carbons (Fsp3) is 0.300. The van der Waals surface area contributed by atoms with E-state index < -0.39 is 11.9 Å². The highest BCUT2D eigenvalue weighted by Gasteiger charge is 2.11. The fourth-order valence-electron chi connectivity index (χ4n) is 1.84. The topological polar surface area (TPSA) is 100 Å². The Kier molecular flexibility index (Phi) is 8.92. The average Bonchev–Trinajstić information content (AvgIpc) is 2.67. The molecule has 26 heavy (non-hydrogen) atoms. The standard InChI is InChI=1S/C20H20N2O4/c1-3-9-25-19(23)17(13-21)11-15-5-7-16(8-6-15)12-18(14-22)20(24)26-10-4-2/h5-8,11-12H,3-4,9-10H2,1-2H3/b17-11+,18-12+. The van der Waals surface area contributed by atoms with Crippen molar-refractivity contribution in [2.75, 3.05) is 13.2 Å². The maximum absolute atomic E-state index is 11.7. The molecule has 0 atom stereocenters. The SMILES string of the molecule is CCCOC(=O)/C(C#N)=C/c1ccc(/C=C(\C#N)C(=O)OCCC)cc1. The number of hydrogen-bond donors (Lipinski definition) is 0. The van der Waals surface area contributed by atoms with E-state index in [1.165, 1.54) is 12.2 Å². The lowest BCUT2D eigenvalue weighted by atomic mass is 10.1. The van der Waals surface area contributed by atoms with Gasteiger partial charge in [-0.2, -0.15) is 10.5 Å². The molecule has 0 aliphatic carbocycles. The number of carbonyl (C=O) groups excluding carboxylic acids is 2. The summed E-state index contributed by atoms with van der Waals surface area (Å²) in [6, 6.07) is 10.3. The molecule has 1 rings (SSSR count). The Morgan fingerprint density at radius 2 is 1.19 bits per heavy atom. The molecule has 134 valence electrons. The Labute approximate surface area is 152 Å². The molecule has 6 nitrogen and oxygen atoms in total. The number of nitrogens with zero attached hydrogens (tertiary/aromatic N) is 2. The van der Waals surface area contributed by atoms with Crippen LogP contribution < -0.4 is 0 Å². The Morgan fingerprint density at radius 3 is 1.46 bits per heavy atom. The number of ether oxygens (including phenoxy) is 2. The van der Waals surface area contributed by atoms with E-state index in [0.717, 1.165) is 0 Å². The molecule has 0 N–H and O–H groups in total. The minimum atomic E-state index is -0.663. The van der Waals surface area contributed by atoms with Crippen LogP contribution in [0.1, 0.15) is 37.8 Å². The zero-order chi connectivity index (χ0) is 19.4. The Balaban J connectivity index is 2.94. The summed E-state index contributed by atoms with van der Waals surface area (Å²) in [7, 11) is 0. The van der Waals surface area contributed by atoms with Gasteiger partial charge in [-0.05, 0) is 36.1 Å². The lowest BCUT2D eigenvalue weighted by molar-refractivity contribution is -0.139. The molecule has 6 heteroatoms. The Hall–Kier alpha value is -3.38. The largest absolute Gasteiger partial charge is 0.462 e. The lowest BCUT2D eigenvalue weighted by Crippen LogP contribution is -2.07. The molecular formula is C20H20N2O4. The minimum Gasteiger partial charge on any atom is -0.462 e. The normalized spacial score (nSPS) is 11.2. The summed E-state index contributed by atoms with van der Waals surface area (Å²) >= 11 is 0. The van der Waals surface area contributed by atoms with Crippen molar-refractivity contribution >= 4 is 24.1 Å². The van der Waals surface area contributed by atoms with Gasteiger partial charge < -0.3 is 9.47 Å². The number of esters is 2. The van der Waals surface area contributed by atoms with E-state index in [1.807, 2.05) is 26.0 Å². The third kappa shape index (κ3) is 6.62. The summed E-state index contributed by atoms with van der Waals surface area (Å²) < 4.78 is 9.88. The zero-order valence-corrected chi connectivity index (χ0v) is 14.8. The van der Waals surface area contributed by atoms with E-state index >= 15 is 0 Å². The van der Waals surface area contributed by atoms with Gasteiger partial charge in [-0.1, -0.05) is 38.1 Å². The van der Waals surface area contributed by atoms with Gasteiger partial charge in [-0.3, -0.25) is 0 Å². The van der Waals surface area contributed by atoms with Crippen molar-refractivity contribution in [1.29, 1.82) is 10.5 Å². The first kappa shape index (κ1) is 20.7. The van der Waals surface area contributed by atoms with Crippen molar-refractivity contribution < 1.29 is 19.1 Å². The Bertz CT molecular complexity index is 711. The molecule has 0 radical (unpaired) electrons. The fourth-order valence-corrected chi connectivity index (χ4v) is 1.84. The van der Waals surface area contributed by atoms with Crippen LogP contribution >= 0.6 is 0 Å².